The Hall–Kier alpha value is -1.56. The van der Waals surface area contributed by atoms with Crippen LogP contribution in [0.15, 0.2) is 6.07 Å². The number of aromatic carboxylic acids is 1. The third-order valence-electron chi connectivity index (χ3n) is 2.27. The molecule has 1 heterocycles. The molecule has 0 aromatic carbocycles. The normalized spacial score (nSPS) is 12.1. The van der Waals surface area contributed by atoms with E-state index in [1.165, 1.54) is 11.3 Å². The van der Waals surface area contributed by atoms with Crippen LogP contribution in [0.4, 0.5) is 0 Å². The molecule has 1 aromatic rings. The van der Waals surface area contributed by atoms with E-state index in [-0.39, 0.29) is 11.5 Å². The number of amides is 1. The smallest absolute Gasteiger partial charge is 0.349 e. The zero-order valence-electron chi connectivity index (χ0n) is 9.73. The molecule has 0 fully saturated rings. The number of carboxylic acid groups (broad SMARTS) is 1. The minimum absolute atomic E-state index is 0.0928. The van der Waals surface area contributed by atoms with Crippen molar-refractivity contribution in [2.75, 3.05) is 6.61 Å². The van der Waals surface area contributed by atoms with Crippen LogP contribution in [0.2, 0.25) is 0 Å². The lowest BCUT2D eigenvalue weighted by molar-refractivity contribution is -0.122. The van der Waals surface area contributed by atoms with Gasteiger partial charge in [-0.3, -0.25) is 4.79 Å². The van der Waals surface area contributed by atoms with E-state index in [9.17, 15) is 9.59 Å². The van der Waals surface area contributed by atoms with Crippen LogP contribution in [0.3, 0.4) is 0 Å². The molecule has 0 spiro atoms. The zero-order valence-corrected chi connectivity index (χ0v) is 10.5. The summed E-state index contributed by atoms with van der Waals surface area (Å²) < 4.78 is 5.33. The van der Waals surface area contributed by atoms with Gasteiger partial charge in [0, 0.05) is 4.88 Å². The van der Waals surface area contributed by atoms with Crippen LogP contribution in [-0.2, 0) is 11.2 Å². The van der Waals surface area contributed by atoms with Gasteiger partial charge in [0.15, 0.2) is 4.88 Å². The van der Waals surface area contributed by atoms with E-state index in [0.29, 0.717) is 5.75 Å². The van der Waals surface area contributed by atoms with Gasteiger partial charge in [0.25, 0.3) is 0 Å². The molecule has 0 saturated heterocycles. The number of ether oxygens (including phenoxy) is 1. The van der Waals surface area contributed by atoms with Crippen molar-refractivity contribution in [3.63, 3.8) is 0 Å². The van der Waals surface area contributed by atoms with Crippen molar-refractivity contribution in [2.45, 2.75) is 20.3 Å². The number of rotatable bonds is 6. The summed E-state index contributed by atoms with van der Waals surface area (Å²) in [5.74, 6) is -1.61. The van der Waals surface area contributed by atoms with Crippen LogP contribution < -0.4 is 10.5 Å². The topological polar surface area (TPSA) is 89.6 Å². The van der Waals surface area contributed by atoms with E-state index in [2.05, 4.69) is 0 Å². The highest BCUT2D eigenvalue weighted by Crippen LogP contribution is 2.30. The maximum absolute atomic E-state index is 11.0. The molecule has 0 saturated carbocycles. The maximum Gasteiger partial charge on any atom is 0.349 e. The van der Waals surface area contributed by atoms with E-state index >= 15 is 0 Å². The Kier molecular flexibility index (Phi) is 4.51. The first-order valence-electron chi connectivity index (χ1n) is 5.23. The minimum Gasteiger partial charge on any atom is -0.491 e. The Labute approximate surface area is 103 Å². The van der Waals surface area contributed by atoms with Crippen molar-refractivity contribution < 1.29 is 19.4 Å². The van der Waals surface area contributed by atoms with Crippen molar-refractivity contribution in [1.82, 2.24) is 0 Å². The lowest BCUT2D eigenvalue weighted by atomic mass is 10.2. The van der Waals surface area contributed by atoms with Crippen molar-refractivity contribution in [3.05, 3.63) is 15.8 Å². The molecule has 3 N–H and O–H groups in total. The molecule has 0 aliphatic heterocycles. The lowest BCUT2D eigenvalue weighted by Gasteiger charge is -2.09. The van der Waals surface area contributed by atoms with Gasteiger partial charge in [-0.25, -0.2) is 4.79 Å². The molecular formula is C11H15NO4S. The van der Waals surface area contributed by atoms with Crippen molar-refractivity contribution in [1.29, 1.82) is 0 Å². The van der Waals surface area contributed by atoms with Crippen LogP contribution in [0.25, 0.3) is 0 Å². The molecule has 1 aromatic heterocycles. The van der Waals surface area contributed by atoms with E-state index in [1.54, 1.807) is 13.0 Å². The number of carboxylic acids is 1. The van der Waals surface area contributed by atoms with Gasteiger partial charge in [0.1, 0.15) is 5.75 Å². The zero-order chi connectivity index (χ0) is 13.0. The highest BCUT2D eigenvalue weighted by molar-refractivity contribution is 7.14. The molecule has 1 amide bonds. The Morgan fingerprint density at radius 1 is 1.59 bits per heavy atom. The van der Waals surface area contributed by atoms with Crippen molar-refractivity contribution in [3.8, 4) is 5.75 Å². The fourth-order valence-electron chi connectivity index (χ4n) is 1.15. The van der Waals surface area contributed by atoms with Crippen LogP contribution in [0, 0.1) is 5.92 Å². The van der Waals surface area contributed by atoms with Gasteiger partial charge in [0.05, 0.1) is 12.5 Å². The highest BCUT2D eigenvalue weighted by Gasteiger charge is 2.18. The van der Waals surface area contributed by atoms with E-state index in [0.717, 1.165) is 11.3 Å². The molecule has 0 aliphatic rings. The number of hydrogen-bond acceptors (Lipinski definition) is 4. The largest absolute Gasteiger partial charge is 0.491 e. The molecule has 1 unspecified atom stereocenters. The molecule has 0 bridgehead atoms. The monoisotopic (exact) mass is 257 g/mol. The summed E-state index contributed by atoms with van der Waals surface area (Å²) >= 11 is 1.19. The Morgan fingerprint density at radius 3 is 2.71 bits per heavy atom. The van der Waals surface area contributed by atoms with Gasteiger partial charge < -0.3 is 15.6 Å². The first kappa shape index (κ1) is 13.5. The molecule has 5 nitrogen and oxygen atoms in total. The number of carbonyl (C=O) groups excluding carboxylic acids is 1. The number of aryl methyl sites for hydroxylation is 1. The fraction of sp³-hybridized carbons (Fsp3) is 0.455. The molecule has 0 radical (unpaired) electrons. The molecular weight excluding hydrogens is 242 g/mol. The van der Waals surface area contributed by atoms with Crippen LogP contribution >= 0.6 is 11.3 Å². The summed E-state index contributed by atoms with van der Waals surface area (Å²) in [4.78, 5) is 22.9. The lowest BCUT2D eigenvalue weighted by Crippen LogP contribution is -2.25. The van der Waals surface area contributed by atoms with E-state index in [1.807, 2.05) is 6.92 Å². The highest BCUT2D eigenvalue weighted by atomic mass is 32.1. The quantitative estimate of drug-likeness (QED) is 0.808. The van der Waals surface area contributed by atoms with Gasteiger partial charge in [-0.15, -0.1) is 11.3 Å². The Bertz CT molecular complexity index is 427. The first-order valence-corrected chi connectivity index (χ1v) is 6.05. The predicted molar refractivity (Wildman–Crippen MR) is 64.5 cm³/mol. The summed E-state index contributed by atoms with van der Waals surface area (Å²) in [5, 5.41) is 8.99. The summed E-state index contributed by atoms with van der Waals surface area (Å²) in [6.07, 6.45) is 0.750. The molecule has 6 heteroatoms. The third-order valence-corrected chi connectivity index (χ3v) is 3.51. The van der Waals surface area contributed by atoms with Gasteiger partial charge in [-0.1, -0.05) is 13.8 Å². The SMILES string of the molecule is CCc1cc(OCC(C)C(N)=O)c(C(=O)O)s1. The van der Waals surface area contributed by atoms with Crippen LogP contribution in [0.5, 0.6) is 5.75 Å². The number of carbonyl (C=O) groups is 2. The second-order valence-corrected chi connectivity index (χ2v) is 4.82. The van der Waals surface area contributed by atoms with Gasteiger partial charge >= 0.3 is 5.97 Å². The second-order valence-electron chi connectivity index (χ2n) is 3.68. The van der Waals surface area contributed by atoms with Crippen molar-refractivity contribution in [2.24, 2.45) is 11.7 Å². The van der Waals surface area contributed by atoms with Crippen molar-refractivity contribution >= 4 is 23.2 Å². The van der Waals surface area contributed by atoms with Gasteiger partial charge in [0.2, 0.25) is 5.91 Å². The summed E-state index contributed by atoms with van der Waals surface area (Å²) in [6.45, 7) is 3.67. The summed E-state index contributed by atoms with van der Waals surface area (Å²) in [5.41, 5.74) is 5.10. The molecule has 1 atom stereocenters. The Balaban J connectivity index is 2.79. The predicted octanol–water partition coefficient (Wildman–Crippen LogP) is 1.51. The van der Waals surface area contributed by atoms with E-state index in [4.69, 9.17) is 15.6 Å². The van der Waals surface area contributed by atoms with Gasteiger partial charge in [-0.05, 0) is 12.5 Å². The van der Waals surface area contributed by atoms with E-state index < -0.39 is 17.8 Å². The minimum atomic E-state index is -1.02. The average molecular weight is 257 g/mol. The number of thiophene rings is 1. The van der Waals surface area contributed by atoms with Gasteiger partial charge in [-0.2, -0.15) is 0 Å². The summed E-state index contributed by atoms with van der Waals surface area (Å²) in [6, 6.07) is 1.70. The third kappa shape index (κ3) is 3.45. The standard InChI is InChI=1S/C11H15NO4S/c1-3-7-4-8(9(17-7)11(14)15)16-5-6(2)10(12)13/h4,6H,3,5H2,1-2H3,(H2,12,13)(H,14,15). The van der Waals surface area contributed by atoms with Crippen LogP contribution in [-0.4, -0.2) is 23.6 Å². The maximum atomic E-state index is 11.0. The average Bonchev–Trinajstić information content (AvgIpc) is 2.69. The second kappa shape index (κ2) is 5.67. The molecule has 94 valence electrons. The number of nitrogens with two attached hydrogens (primary N) is 1. The number of primary amides is 1. The number of hydrogen-bond donors (Lipinski definition) is 2. The van der Waals surface area contributed by atoms with Crippen LogP contribution in [0.1, 0.15) is 28.4 Å². The summed E-state index contributed by atoms with van der Waals surface area (Å²) in [7, 11) is 0. The first-order chi connectivity index (χ1) is 7.95. The Morgan fingerprint density at radius 2 is 2.24 bits per heavy atom. The molecule has 0 aliphatic carbocycles. The molecule has 17 heavy (non-hydrogen) atoms. The fourth-order valence-corrected chi connectivity index (χ4v) is 2.03. The molecule has 1 rings (SSSR count).